The molecule has 0 fully saturated rings. The molecule has 0 aliphatic rings. The van der Waals surface area contributed by atoms with Crippen molar-refractivity contribution in [3.05, 3.63) is 30.6 Å². The van der Waals surface area contributed by atoms with E-state index < -0.39 is 0 Å². The van der Waals surface area contributed by atoms with Gasteiger partial charge in [-0.25, -0.2) is 0 Å². The summed E-state index contributed by atoms with van der Waals surface area (Å²) in [6.45, 7) is 0. The van der Waals surface area contributed by atoms with Crippen molar-refractivity contribution in [1.29, 1.82) is 0 Å². The minimum atomic E-state index is 1.75. The SMILES string of the molecule is [Li][CH3].c1ccncc1. The van der Waals surface area contributed by atoms with E-state index >= 15 is 0 Å². The Morgan fingerprint density at radius 3 is 1.62 bits per heavy atom. The van der Waals surface area contributed by atoms with E-state index in [1.807, 2.05) is 41.5 Å². The maximum absolute atomic E-state index is 3.78. The summed E-state index contributed by atoms with van der Waals surface area (Å²) < 4.78 is 0. The van der Waals surface area contributed by atoms with Crippen molar-refractivity contribution in [2.75, 3.05) is 0 Å². The summed E-state index contributed by atoms with van der Waals surface area (Å²) in [4.78, 5) is 3.78. The van der Waals surface area contributed by atoms with Gasteiger partial charge in [0, 0.05) is 12.4 Å². The van der Waals surface area contributed by atoms with E-state index in [1.54, 1.807) is 12.4 Å². The van der Waals surface area contributed by atoms with Gasteiger partial charge in [0.05, 0.1) is 0 Å². The Morgan fingerprint density at radius 1 is 1.00 bits per heavy atom. The molecule has 0 aliphatic carbocycles. The van der Waals surface area contributed by atoms with Crippen LogP contribution in [0, 0.1) is 0 Å². The molecule has 2 heteroatoms. The molecule has 0 spiro atoms. The Morgan fingerprint density at radius 2 is 1.50 bits per heavy atom. The largest absolute Gasteiger partial charge is 0.265 e. The van der Waals surface area contributed by atoms with E-state index in [1.165, 1.54) is 0 Å². The van der Waals surface area contributed by atoms with E-state index in [4.69, 9.17) is 0 Å². The van der Waals surface area contributed by atoms with Crippen molar-refractivity contribution in [3.63, 3.8) is 0 Å². The molecule has 0 unspecified atom stereocenters. The number of hydrogen-bond acceptors (Lipinski definition) is 1. The third-order valence-corrected chi connectivity index (χ3v) is 0.566. The van der Waals surface area contributed by atoms with Gasteiger partial charge in [-0.3, -0.25) is 4.98 Å². The van der Waals surface area contributed by atoms with Gasteiger partial charge < -0.3 is 0 Å². The number of pyridine rings is 1. The van der Waals surface area contributed by atoms with Crippen LogP contribution in [0.3, 0.4) is 0 Å². The molecular formula is C6H8LiN. The first-order valence-corrected chi connectivity index (χ1v) is 2.85. The predicted molar refractivity (Wildman–Crippen MR) is 35.9 cm³/mol. The molecule has 0 bridgehead atoms. The van der Waals surface area contributed by atoms with Crippen LogP contribution in [0.4, 0.5) is 0 Å². The van der Waals surface area contributed by atoms with Gasteiger partial charge in [-0.1, -0.05) is 6.07 Å². The van der Waals surface area contributed by atoms with Crippen LogP contribution in [0.25, 0.3) is 0 Å². The Bertz CT molecular complexity index is 80.5. The van der Waals surface area contributed by atoms with Crippen molar-refractivity contribution >= 4 is 17.7 Å². The molecule has 1 aromatic rings. The molecule has 0 radical (unpaired) electrons. The molecule has 1 aromatic heterocycles. The molecular weight excluding hydrogens is 93.0 g/mol. The van der Waals surface area contributed by atoms with Gasteiger partial charge in [-0.05, 0) is 12.1 Å². The van der Waals surface area contributed by atoms with Crippen LogP contribution >= 0.6 is 0 Å². The second-order valence-electron chi connectivity index (χ2n) is 1.02. The molecule has 1 heterocycles. The zero-order valence-electron chi connectivity index (χ0n) is 5.33. The van der Waals surface area contributed by atoms with Crippen molar-refractivity contribution in [1.82, 2.24) is 4.98 Å². The summed E-state index contributed by atoms with van der Waals surface area (Å²) in [6, 6.07) is 5.72. The first-order chi connectivity index (χ1) is 4.00. The fourth-order valence-electron chi connectivity index (χ4n) is 0.313. The van der Waals surface area contributed by atoms with Crippen LogP contribution in [-0.4, -0.2) is 22.7 Å². The number of rotatable bonds is 0. The Kier molecular flexibility index (Phi) is 6.53. The minimum Gasteiger partial charge on any atom is -0.265 e. The van der Waals surface area contributed by atoms with Crippen LogP contribution in [0.1, 0.15) is 0 Å². The molecule has 0 atom stereocenters. The van der Waals surface area contributed by atoms with Crippen LogP contribution in [0.15, 0.2) is 30.6 Å². The summed E-state index contributed by atoms with van der Waals surface area (Å²) in [5, 5.41) is 0. The molecule has 8 heavy (non-hydrogen) atoms. The van der Waals surface area contributed by atoms with Gasteiger partial charge in [0.1, 0.15) is 0 Å². The van der Waals surface area contributed by atoms with Gasteiger partial charge in [0.2, 0.25) is 0 Å². The van der Waals surface area contributed by atoms with E-state index in [0.29, 0.717) is 0 Å². The van der Waals surface area contributed by atoms with Gasteiger partial charge >= 0.3 is 23.3 Å². The molecule has 0 aliphatic heterocycles. The van der Waals surface area contributed by atoms with E-state index in [9.17, 15) is 0 Å². The standard InChI is InChI=1S/C5H5N.CH3.Li/c1-2-4-6-5-3-1;;/h1-5H;1H3;. The molecule has 0 aromatic carbocycles. The molecule has 38 valence electrons. The Hall–Kier alpha value is -0.253. The summed E-state index contributed by atoms with van der Waals surface area (Å²) >= 11 is 2.00. The topological polar surface area (TPSA) is 12.9 Å². The Balaban J connectivity index is 0.000000222. The monoisotopic (exact) mass is 101 g/mol. The number of nitrogens with zero attached hydrogens (tertiary/aromatic N) is 1. The predicted octanol–water partition coefficient (Wildman–Crippen LogP) is 1.28. The van der Waals surface area contributed by atoms with Gasteiger partial charge in [0.25, 0.3) is 0 Å². The number of hydrogen-bond donors (Lipinski definition) is 0. The van der Waals surface area contributed by atoms with Crippen molar-refractivity contribution < 1.29 is 0 Å². The smallest absolute Gasteiger partial charge is 0.0267 e. The zero-order chi connectivity index (χ0) is 6.24. The van der Waals surface area contributed by atoms with E-state index in [2.05, 4.69) is 4.98 Å². The maximum atomic E-state index is 3.78. The van der Waals surface area contributed by atoms with E-state index in [0.717, 1.165) is 0 Å². The molecule has 1 rings (SSSR count). The summed E-state index contributed by atoms with van der Waals surface area (Å²) in [6.07, 6.45) is 3.50. The summed E-state index contributed by atoms with van der Waals surface area (Å²) in [5.74, 6) is 0. The van der Waals surface area contributed by atoms with Crippen molar-refractivity contribution in [3.8, 4) is 0 Å². The quantitative estimate of drug-likeness (QED) is 0.448. The zero-order valence-corrected chi connectivity index (χ0v) is 5.33. The Labute approximate surface area is 59.3 Å². The fraction of sp³-hybridized carbons (Fsp3) is 0.167. The first kappa shape index (κ1) is 7.75. The second kappa shape index (κ2) is 6.75. The normalized spacial score (nSPS) is 6.88. The first-order valence-electron chi connectivity index (χ1n) is 2.85. The minimum absolute atomic E-state index is 1.75. The molecule has 0 saturated carbocycles. The van der Waals surface area contributed by atoms with Crippen LogP contribution in [0.5, 0.6) is 0 Å². The van der Waals surface area contributed by atoms with Crippen molar-refractivity contribution in [2.24, 2.45) is 0 Å². The van der Waals surface area contributed by atoms with Crippen LogP contribution in [-0.2, 0) is 0 Å². The third kappa shape index (κ3) is 3.92. The molecule has 0 N–H and O–H groups in total. The summed E-state index contributed by atoms with van der Waals surface area (Å²) in [7, 11) is 0. The van der Waals surface area contributed by atoms with Crippen LogP contribution in [0.2, 0.25) is 5.60 Å². The molecule has 1 nitrogen and oxygen atoms in total. The van der Waals surface area contributed by atoms with Gasteiger partial charge in [-0.15, -0.1) is 0 Å². The number of aromatic nitrogens is 1. The van der Waals surface area contributed by atoms with Gasteiger partial charge in [-0.2, -0.15) is 0 Å². The van der Waals surface area contributed by atoms with Crippen molar-refractivity contribution in [2.45, 2.75) is 5.60 Å². The maximum Gasteiger partial charge on any atom is 0.0267 e. The average molecular weight is 101 g/mol. The second-order valence-corrected chi connectivity index (χ2v) is 1.02. The van der Waals surface area contributed by atoms with Crippen LogP contribution < -0.4 is 0 Å². The van der Waals surface area contributed by atoms with E-state index in [-0.39, 0.29) is 0 Å². The summed E-state index contributed by atoms with van der Waals surface area (Å²) in [5.41, 5.74) is 2.00. The average Bonchev–Trinajstić information content (AvgIpc) is 1.96. The molecule has 0 amide bonds. The molecule has 0 saturated heterocycles. The third-order valence-electron chi connectivity index (χ3n) is 0.566. The fourth-order valence-corrected chi connectivity index (χ4v) is 0.313. The van der Waals surface area contributed by atoms with Gasteiger partial charge in [0.15, 0.2) is 0 Å².